The molecule has 0 N–H and O–H groups in total. The van der Waals surface area contributed by atoms with Crippen LogP contribution in [-0.4, -0.2) is 29.1 Å². The molecule has 1 aliphatic heterocycles. The third kappa shape index (κ3) is 3.22. The Labute approximate surface area is 147 Å². The fourth-order valence-corrected chi connectivity index (χ4v) is 2.70. The van der Waals surface area contributed by atoms with Gasteiger partial charge in [-0.15, -0.1) is 0 Å². The second-order valence-electron chi connectivity index (χ2n) is 6.51. The maximum atomic E-state index is 13.1. The van der Waals surface area contributed by atoms with E-state index in [2.05, 4.69) is 23.8 Å². The number of aromatic nitrogens is 1. The second kappa shape index (κ2) is 6.97. The maximum Gasteiger partial charge on any atom is 0.266 e. The van der Waals surface area contributed by atoms with E-state index in [-0.39, 0.29) is 17.9 Å². The highest BCUT2D eigenvalue weighted by Crippen LogP contribution is 2.31. The Hall–Kier alpha value is -2.82. The van der Waals surface area contributed by atoms with Gasteiger partial charge in [0.15, 0.2) is 0 Å². The molecule has 5 nitrogen and oxygen atoms in total. The first kappa shape index (κ1) is 17.0. The van der Waals surface area contributed by atoms with Gasteiger partial charge in [0, 0.05) is 24.0 Å². The number of rotatable bonds is 4. The highest BCUT2D eigenvalue weighted by atomic mass is 16.2. The summed E-state index contributed by atoms with van der Waals surface area (Å²) in [6.07, 6.45) is 3.24. The monoisotopic (exact) mass is 335 g/mol. The van der Waals surface area contributed by atoms with Crippen LogP contribution in [0.1, 0.15) is 42.6 Å². The molecule has 1 aromatic carbocycles. The van der Waals surface area contributed by atoms with Gasteiger partial charge in [0.1, 0.15) is 5.82 Å². The van der Waals surface area contributed by atoms with Gasteiger partial charge in [0.25, 0.3) is 5.91 Å². The molecule has 0 radical (unpaired) electrons. The molecule has 2 atom stereocenters. The molecule has 1 unspecified atom stereocenters. The van der Waals surface area contributed by atoms with Crippen LogP contribution in [0.15, 0.2) is 53.7 Å². The van der Waals surface area contributed by atoms with E-state index in [1.54, 1.807) is 42.7 Å². The number of carbonyl (C=O) groups excluding carboxylic acids is 2. The number of aliphatic imine (C=N–C) groups is 1. The van der Waals surface area contributed by atoms with Gasteiger partial charge in [-0.1, -0.05) is 38.1 Å². The predicted octanol–water partition coefficient (Wildman–Crippen LogP) is 3.47. The number of nitrogens with zero attached hydrogens (tertiary/aromatic N) is 3. The summed E-state index contributed by atoms with van der Waals surface area (Å²) >= 11 is 0. The van der Waals surface area contributed by atoms with E-state index in [1.807, 2.05) is 19.1 Å². The van der Waals surface area contributed by atoms with Crippen molar-refractivity contribution in [3.05, 3.63) is 59.8 Å². The van der Waals surface area contributed by atoms with E-state index in [0.717, 1.165) is 4.90 Å². The van der Waals surface area contributed by atoms with Crippen molar-refractivity contribution in [3.8, 4) is 0 Å². The van der Waals surface area contributed by atoms with Crippen LogP contribution < -0.4 is 4.90 Å². The quantitative estimate of drug-likeness (QED) is 0.635. The van der Waals surface area contributed by atoms with Crippen molar-refractivity contribution in [2.75, 3.05) is 4.90 Å². The lowest BCUT2D eigenvalue weighted by molar-refractivity contribution is -0.118. The molecule has 2 amide bonds. The first-order valence-electron chi connectivity index (χ1n) is 8.42. The number of carbonyl (C=O) groups is 2. The van der Waals surface area contributed by atoms with Crippen LogP contribution in [0.2, 0.25) is 0 Å². The summed E-state index contributed by atoms with van der Waals surface area (Å²) in [6, 6.07) is 12.5. The molecule has 1 aromatic heterocycles. The van der Waals surface area contributed by atoms with Crippen LogP contribution in [0, 0.1) is 5.92 Å². The average molecular weight is 335 g/mol. The molecule has 0 aliphatic carbocycles. The Kier molecular flexibility index (Phi) is 4.74. The van der Waals surface area contributed by atoms with Gasteiger partial charge in [-0.25, -0.2) is 9.88 Å². The molecule has 128 valence electrons. The number of hydrogen-bond acceptors (Lipinski definition) is 4. The molecule has 0 saturated carbocycles. The molecule has 0 saturated heterocycles. The molecule has 0 spiro atoms. The summed E-state index contributed by atoms with van der Waals surface area (Å²) < 4.78 is 0. The number of benzene rings is 1. The van der Waals surface area contributed by atoms with E-state index in [4.69, 9.17) is 0 Å². The van der Waals surface area contributed by atoms with Gasteiger partial charge >= 0.3 is 0 Å². The Balaban J connectivity index is 2.06. The van der Waals surface area contributed by atoms with Crippen molar-refractivity contribution in [3.63, 3.8) is 0 Å². The van der Waals surface area contributed by atoms with Gasteiger partial charge < -0.3 is 0 Å². The van der Waals surface area contributed by atoms with Crippen molar-refractivity contribution in [1.82, 2.24) is 4.98 Å². The molecule has 0 bridgehead atoms. The second-order valence-corrected chi connectivity index (χ2v) is 6.51. The van der Waals surface area contributed by atoms with E-state index >= 15 is 0 Å². The molecule has 3 rings (SSSR count). The van der Waals surface area contributed by atoms with E-state index in [0.29, 0.717) is 22.9 Å². The first-order chi connectivity index (χ1) is 12.0. The van der Waals surface area contributed by atoms with Crippen molar-refractivity contribution in [2.45, 2.75) is 32.7 Å². The summed E-state index contributed by atoms with van der Waals surface area (Å²) in [4.78, 5) is 35.8. The number of pyridine rings is 1. The highest BCUT2D eigenvalue weighted by molar-refractivity contribution is 6.28. The van der Waals surface area contributed by atoms with Gasteiger partial charge in [-0.2, -0.15) is 0 Å². The van der Waals surface area contributed by atoms with Gasteiger partial charge in [-0.3, -0.25) is 14.6 Å². The van der Waals surface area contributed by atoms with Gasteiger partial charge in [0.2, 0.25) is 5.91 Å². The molecule has 1 aliphatic rings. The van der Waals surface area contributed by atoms with Gasteiger partial charge in [0.05, 0.1) is 5.92 Å². The Bertz CT molecular complexity index is 815. The van der Waals surface area contributed by atoms with Crippen LogP contribution in [-0.2, 0) is 4.79 Å². The van der Waals surface area contributed by atoms with Crippen molar-refractivity contribution in [2.24, 2.45) is 10.9 Å². The fraction of sp³-hybridized carbons (Fsp3) is 0.300. The first-order valence-corrected chi connectivity index (χ1v) is 8.42. The molecule has 2 heterocycles. The summed E-state index contributed by atoms with van der Waals surface area (Å²) in [5, 5.41) is 0. The fourth-order valence-electron chi connectivity index (χ4n) is 2.70. The molecular weight excluding hydrogens is 314 g/mol. The minimum absolute atomic E-state index is 0.0980. The van der Waals surface area contributed by atoms with Crippen LogP contribution in [0.25, 0.3) is 0 Å². The molecule has 2 aromatic rings. The normalized spacial score (nSPS) is 18.7. The zero-order valence-corrected chi connectivity index (χ0v) is 14.6. The standard InChI is InChI=1S/C20H21N3O2/c1-13(2)14(3)22-12-17-15-8-4-5-9-16(15)19(24)23(20(17)25)18-10-6-7-11-21-18/h4-14,17H,1-3H3/t14-,17?/m1/s1. The highest BCUT2D eigenvalue weighted by Gasteiger charge is 2.39. The lowest BCUT2D eigenvalue weighted by Crippen LogP contribution is -2.46. The Morgan fingerprint density at radius 2 is 1.80 bits per heavy atom. The zero-order chi connectivity index (χ0) is 18.0. The lowest BCUT2D eigenvalue weighted by Gasteiger charge is -2.30. The van der Waals surface area contributed by atoms with Crippen LogP contribution in [0.3, 0.4) is 0 Å². The van der Waals surface area contributed by atoms with Crippen LogP contribution in [0.4, 0.5) is 5.82 Å². The Morgan fingerprint density at radius 3 is 2.48 bits per heavy atom. The minimum Gasteiger partial charge on any atom is -0.293 e. The van der Waals surface area contributed by atoms with Crippen molar-refractivity contribution < 1.29 is 9.59 Å². The van der Waals surface area contributed by atoms with Crippen molar-refractivity contribution in [1.29, 1.82) is 0 Å². The van der Waals surface area contributed by atoms with E-state index in [1.165, 1.54) is 0 Å². The smallest absolute Gasteiger partial charge is 0.266 e. The number of fused-ring (bicyclic) bond motifs is 1. The molecular formula is C20H21N3O2. The predicted molar refractivity (Wildman–Crippen MR) is 98.0 cm³/mol. The SMILES string of the molecule is CC(C)[C@@H](C)N=CC1C(=O)N(c2ccccn2)C(=O)c2ccccc21. The summed E-state index contributed by atoms with van der Waals surface area (Å²) in [5.74, 6) is -0.541. The molecule has 25 heavy (non-hydrogen) atoms. The summed E-state index contributed by atoms with van der Waals surface area (Å²) in [6.45, 7) is 6.19. The Morgan fingerprint density at radius 1 is 1.08 bits per heavy atom. The summed E-state index contributed by atoms with van der Waals surface area (Å²) in [7, 11) is 0. The largest absolute Gasteiger partial charge is 0.293 e. The lowest BCUT2D eigenvalue weighted by atomic mass is 9.89. The molecule has 0 fully saturated rings. The van der Waals surface area contributed by atoms with E-state index < -0.39 is 5.92 Å². The topological polar surface area (TPSA) is 62.6 Å². The third-order valence-electron chi connectivity index (χ3n) is 4.53. The zero-order valence-electron chi connectivity index (χ0n) is 14.6. The number of anilines is 1. The number of hydrogen-bond donors (Lipinski definition) is 0. The number of amides is 2. The van der Waals surface area contributed by atoms with Crippen LogP contribution >= 0.6 is 0 Å². The van der Waals surface area contributed by atoms with Crippen LogP contribution in [0.5, 0.6) is 0 Å². The molecule has 5 heteroatoms. The summed E-state index contributed by atoms with van der Waals surface area (Å²) in [5.41, 5.74) is 1.21. The van der Waals surface area contributed by atoms with E-state index in [9.17, 15) is 9.59 Å². The maximum absolute atomic E-state index is 13.1. The number of imide groups is 1. The minimum atomic E-state index is -0.586. The van der Waals surface area contributed by atoms with Gasteiger partial charge in [-0.05, 0) is 36.6 Å². The van der Waals surface area contributed by atoms with Crippen molar-refractivity contribution >= 4 is 23.8 Å². The third-order valence-corrected chi connectivity index (χ3v) is 4.53. The average Bonchev–Trinajstić information content (AvgIpc) is 2.62.